The van der Waals surface area contributed by atoms with Crippen molar-refractivity contribution in [2.75, 3.05) is 33.4 Å². The maximum atomic E-state index is 11.2. The molecule has 0 aromatic carbocycles. The lowest BCUT2D eigenvalue weighted by Gasteiger charge is -2.39. The fourth-order valence-electron chi connectivity index (χ4n) is 2.45. The molecule has 17 heavy (non-hydrogen) atoms. The van der Waals surface area contributed by atoms with Crippen molar-refractivity contribution in [2.45, 2.75) is 33.1 Å². The van der Waals surface area contributed by atoms with Crippen molar-refractivity contribution in [3.05, 3.63) is 0 Å². The minimum Gasteiger partial charge on any atom is -0.481 e. The van der Waals surface area contributed by atoms with Gasteiger partial charge in [0, 0.05) is 26.8 Å². The average Bonchev–Trinajstić information content (AvgIpc) is 2.29. The molecule has 1 rings (SSSR count). The summed E-state index contributed by atoms with van der Waals surface area (Å²) in [6, 6.07) is 0. The number of aliphatic carboxylic acids is 1. The first-order valence-corrected chi connectivity index (χ1v) is 6.43. The highest BCUT2D eigenvalue weighted by molar-refractivity contribution is 5.74. The Morgan fingerprint density at radius 1 is 1.53 bits per heavy atom. The van der Waals surface area contributed by atoms with Crippen LogP contribution in [0.15, 0.2) is 0 Å². The number of piperidine rings is 1. The van der Waals surface area contributed by atoms with Crippen molar-refractivity contribution in [1.29, 1.82) is 0 Å². The Hall–Kier alpha value is -0.610. The summed E-state index contributed by atoms with van der Waals surface area (Å²) in [7, 11) is 1.71. The van der Waals surface area contributed by atoms with Crippen LogP contribution >= 0.6 is 0 Å². The van der Waals surface area contributed by atoms with Gasteiger partial charge in [-0.25, -0.2) is 0 Å². The van der Waals surface area contributed by atoms with Gasteiger partial charge in [0.2, 0.25) is 0 Å². The van der Waals surface area contributed by atoms with E-state index in [0.29, 0.717) is 0 Å². The molecule has 0 aromatic rings. The number of carboxylic acid groups (broad SMARTS) is 1. The number of hydrogen-bond donors (Lipinski definition) is 1. The van der Waals surface area contributed by atoms with Crippen molar-refractivity contribution >= 4 is 5.97 Å². The maximum Gasteiger partial charge on any atom is 0.309 e. The third kappa shape index (κ3) is 3.96. The molecule has 4 heteroatoms. The summed E-state index contributed by atoms with van der Waals surface area (Å²) in [4.78, 5) is 13.6. The average molecular weight is 243 g/mol. The quantitative estimate of drug-likeness (QED) is 0.723. The summed E-state index contributed by atoms with van der Waals surface area (Å²) >= 11 is 0. The Morgan fingerprint density at radius 2 is 2.24 bits per heavy atom. The van der Waals surface area contributed by atoms with Crippen molar-refractivity contribution < 1.29 is 14.6 Å². The van der Waals surface area contributed by atoms with E-state index >= 15 is 0 Å². The number of hydrogen-bond acceptors (Lipinski definition) is 3. The van der Waals surface area contributed by atoms with Crippen molar-refractivity contribution in [1.82, 2.24) is 4.90 Å². The molecule has 1 atom stereocenters. The number of nitrogens with zero attached hydrogens (tertiary/aromatic N) is 1. The molecule has 1 aliphatic rings. The Balaban J connectivity index is 2.46. The van der Waals surface area contributed by atoms with E-state index in [-0.39, 0.29) is 5.92 Å². The molecule has 1 fully saturated rings. The summed E-state index contributed by atoms with van der Waals surface area (Å²) in [5, 5.41) is 9.26. The molecular formula is C13H25NO3. The highest BCUT2D eigenvalue weighted by Crippen LogP contribution is 2.34. The molecule has 1 N–H and O–H groups in total. The summed E-state index contributed by atoms with van der Waals surface area (Å²) < 4.78 is 5.04. The van der Waals surface area contributed by atoms with Gasteiger partial charge in [-0.15, -0.1) is 0 Å². The van der Waals surface area contributed by atoms with Crippen LogP contribution in [0.1, 0.15) is 33.1 Å². The summed E-state index contributed by atoms with van der Waals surface area (Å²) in [5.74, 6) is -0.419. The lowest BCUT2D eigenvalue weighted by Crippen LogP contribution is -2.45. The van der Waals surface area contributed by atoms with Gasteiger partial charge < -0.3 is 14.7 Å². The SMILES string of the molecule is COCCCN1CCCC(C(C)(C)C(=O)O)C1. The van der Waals surface area contributed by atoms with Crippen LogP contribution in [0.5, 0.6) is 0 Å². The van der Waals surface area contributed by atoms with Gasteiger partial charge in [0.05, 0.1) is 5.41 Å². The third-order valence-corrected chi connectivity index (χ3v) is 3.90. The van der Waals surface area contributed by atoms with E-state index < -0.39 is 11.4 Å². The van der Waals surface area contributed by atoms with Gasteiger partial charge >= 0.3 is 5.97 Å². The predicted octanol–water partition coefficient (Wildman–Crippen LogP) is 1.85. The van der Waals surface area contributed by atoms with Crippen LogP contribution in [0.2, 0.25) is 0 Å². The Morgan fingerprint density at radius 3 is 2.82 bits per heavy atom. The predicted molar refractivity (Wildman–Crippen MR) is 67.1 cm³/mol. The topological polar surface area (TPSA) is 49.8 Å². The second-order valence-electron chi connectivity index (χ2n) is 5.51. The molecule has 0 aliphatic carbocycles. The lowest BCUT2D eigenvalue weighted by atomic mass is 9.74. The van der Waals surface area contributed by atoms with E-state index in [1.165, 1.54) is 0 Å². The highest BCUT2D eigenvalue weighted by atomic mass is 16.5. The molecule has 0 spiro atoms. The minimum atomic E-state index is -0.679. The molecule has 1 aliphatic heterocycles. The van der Waals surface area contributed by atoms with Crippen LogP contribution < -0.4 is 0 Å². The normalized spacial score (nSPS) is 22.6. The molecule has 0 saturated carbocycles. The molecule has 0 amide bonds. The molecule has 0 radical (unpaired) electrons. The van der Waals surface area contributed by atoms with Crippen molar-refractivity contribution in [3.8, 4) is 0 Å². The third-order valence-electron chi connectivity index (χ3n) is 3.90. The Kier molecular flexibility index (Phi) is 5.40. The number of carbonyl (C=O) groups is 1. The zero-order valence-electron chi connectivity index (χ0n) is 11.2. The van der Waals surface area contributed by atoms with Gasteiger partial charge in [0.1, 0.15) is 0 Å². The standard InChI is InChI=1S/C13H25NO3/c1-13(2,12(15)16)11-6-4-7-14(10-11)8-5-9-17-3/h11H,4-10H2,1-3H3,(H,15,16). The van der Waals surface area contributed by atoms with Crippen molar-refractivity contribution in [3.63, 3.8) is 0 Å². The second-order valence-corrected chi connectivity index (χ2v) is 5.51. The molecular weight excluding hydrogens is 218 g/mol. The number of methoxy groups -OCH3 is 1. The number of rotatable bonds is 6. The first kappa shape index (κ1) is 14.5. The van der Waals surface area contributed by atoms with Crippen LogP contribution in [-0.4, -0.2) is 49.3 Å². The van der Waals surface area contributed by atoms with Crippen LogP contribution in [0.4, 0.5) is 0 Å². The maximum absolute atomic E-state index is 11.2. The largest absolute Gasteiger partial charge is 0.481 e. The van der Waals surface area contributed by atoms with Crippen molar-refractivity contribution in [2.24, 2.45) is 11.3 Å². The van der Waals surface area contributed by atoms with Gasteiger partial charge in [-0.2, -0.15) is 0 Å². The molecule has 1 heterocycles. The van der Waals surface area contributed by atoms with Gasteiger partial charge in [-0.3, -0.25) is 4.79 Å². The fourth-order valence-corrected chi connectivity index (χ4v) is 2.45. The summed E-state index contributed by atoms with van der Waals surface area (Å²) in [6.07, 6.45) is 3.16. The number of carboxylic acids is 1. The van der Waals surface area contributed by atoms with Crippen LogP contribution in [0.25, 0.3) is 0 Å². The first-order chi connectivity index (χ1) is 7.98. The monoisotopic (exact) mass is 243 g/mol. The molecule has 100 valence electrons. The zero-order chi connectivity index (χ0) is 12.9. The second kappa shape index (κ2) is 6.36. The van der Waals surface area contributed by atoms with E-state index in [2.05, 4.69) is 4.90 Å². The molecule has 1 unspecified atom stereocenters. The van der Waals surface area contributed by atoms with Gasteiger partial charge in [0.25, 0.3) is 0 Å². The van der Waals surface area contributed by atoms with E-state index in [0.717, 1.165) is 45.5 Å². The highest BCUT2D eigenvalue weighted by Gasteiger charge is 2.38. The zero-order valence-corrected chi connectivity index (χ0v) is 11.2. The molecule has 4 nitrogen and oxygen atoms in total. The Bertz CT molecular complexity index is 253. The van der Waals surface area contributed by atoms with E-state index in [1.807, 2.05) is 13.8 Å². The van der Waals surface area contributed by atoms with Crippen LogP contribution in [-0.2, 0) is 9.53 Å². The molecule has 0 aromatic heterocycles. The number of likely N-dealkylation sites (tertiary alicyclic amines) is 1. The Labute approximate surface area is 104 Å². The van der Waals surface area contributed by atoms with Crippen LogP contribution in [0, 0.1) is 11.3 Å². The smallest absolute Gasteiger partial charge is 0.309 e. The summed E-state index contributed by atoms with van der Waals surface area (Å²) in [6.45, 7) is 7.49. The lowest BCUT2D eigenvalue weighted by molar-refractivity contribution is -0.151. The fraction of sp³-hybridized carbons (Fsp3) is 0.923. The van der Waals surface area contributed by atoms with E-state index in [9.17, 15) is 9.90 Å². The van der Waals surface area contributed by atoms with E-state index in [4.69, 9.17) is 4.74 Å². The summed E-state index contributed by atoms with van der Waals surface area (Å²) in [5.41, 5.74) is -0.611. The van der Waals surface area contributed by atoms with E-state index in [1.54, 1.807) is 7.11 Å². The minimum absolute atomic E-state index is 0.260. The first-order valence-electron chi connectivity index (χ1n) is 6.43. The van der Waals surface area contributed by atoms with Crippen LogP contribution in [0.3, 0.4) is 0 Å². The number of ether oxygens (including phenoxy) is 1. The van der Waals surface area contributed by atoms with Gasteiger partial charge in [-0.05, 0) is 45.6 Å². The van der Waals surface area contributed by atoms with Gasteiger partial charge in [0.15, 0.2) is 0 Å². The molecule has 1 saturated heterocycles. The molecule has 0 bridgehead atoms. The van der Waals surface area contributed by atoms with Gasteiger partial charge in [-0.1, -0.05) is 0 Å².